The maximum atomic E-state index is 12.3. The lowest BCUT2D eigenvalue weighted by Crippen LogP contribution is -2.45. The number of nitrogens with zero attached hydrogens (tertiary/aromatic N) is 1. The van der Waals surface area contributed by atoms with Gasteiger partial charge in [-0.2, -0.15) is 0 Å². The van der Waals surface area contributed by atoms with Crippen LogP contribution in [0.15, 0.2) is 48.5 Å². The van der Waals surface area contributed by atoms with Gasteiger partial charge < -0.3 is 9.64 Å². The van der Waals surface area contributed by atoms with Crippen molar-refractivity contribution in [1.29, 1.82) is 0 Å². The van der Waals surface area contributed by atoms with E-state index in [0.717, 1.165) is 0 Å². The molecule has 7 nitrogen and oxygen atoms in total. The van der Waals surface area contributed by atoms with E-state index in [4.69, 9.17) is 16.3 Å². The molecule has 27 heavy (non-hydrogen) atoms. The van der Waals surface area contributed by atoms with Gasteiger partial charge in [-0.1, -0.05) is 17.7 Å². The number of hydrazine groups is 1. The Hall–Kier alpha value is -3.06. The summed E-state index contributed by atoms with van der Waals surface area (Å²) in [4.78, 5) is 38.2. The number of hydrogen-bond donors (Lipinski definition) is 2. The molecule has 0 unspecified atom stereocenters. The molecule has 1 atom stereocenters. The average molecular weight is 388 g/mol. The molecule has 0 aliphatic carbocycles. The Morgan fingerprint density at radius 3 is 2.59 bits per heavy atom. The van der Waals surface area contributed by atoms with E-state index in [-0.39, 0.29) is 18.9 Å². The van der Waals surface area contributed by atoms with Crippen molar-refractivity contribution in [2.24, 2.45) is 5.92 Å². The van der Waals surface area contributed by atoms with Crippen molar-refractivity contribution in [1.82, 2.24) is 10.9 Å². The fourth-order valence-corrected chi connectivity index (χ4v) is 2.93. The maximum absolute atomic E-state index is 12.3. The van der Waals surface area contributed by atoms with Gasteiger partial charge in [0.1, 0.15) is 5.75 Å². The molecule has 0 spiro atoms. The lowest BCUT2D eigenvalue weighted by molar-refractivity contribution is -0.126. The van der Waals surface area contributed by atoms with Gasteiger partial charge in [0.15, 0.2) is 0 Å². The predicted octanol–water partition coefficient (Wildman–Crippen LogP) is 2.16. The number of amides is 3. The maximum Gasteiger partial charge on any atom is 0.269 e. The smallest absolute Gasteiger partial charge is 0.269 e. The molecule has 0 aromatic heterocycles. The van der Waals surface area contributed by atoms with Crippen LogP contribution in [0.5, 0.6) is 5.75 Å². The Bertz CT molecular complexity index is 870. The first-order chi connectivity index (χ1) is 13.0. The van der Waals surface area contributed by atoms with Crippen molar-refractivity contribution in [2.45, 2.75) is 6.42 Å². The molecule has 3 rings (SSSR count). The van der Waals surface area contributed by atoms with Crippen molar-refractivity contribution in [3.05, 3.63) is 59.1 Å². The average Bonchev–Trinajstić information content (AvgIpc) is 3.08. The number of carbonyl (C=O) groups is 3. The molecule has 140 valence electrons. The largest absolute Gasteiger partial charge is 0.497 e. The predicted molar refractivity (Wildman–Crippen MR) is 101 cm³/mol. The van der Waals surface area contributed by atoms with E-state index in [1.54, 1.807) is 55.6 Å². The molecule has 1 heterocycles. The lowest BCUT2D eigenvalue weighted by Gasteiger charge is -2.17. The minimum atomic E-state index is -0.561. The third-order valence-corrected chi connectivity index (χ3v) is 4.52. The van der Waals surface area contributed by atoms with Gasteiger partial charge in [0, 0.05) is 35.3 Å². The molecule has 8 heteroatoms. The summed E-state index contributed by atoms with van der Waals surface area (Å²) >= 11 is 5.78. The van der Waals surface area contributed by atoms with Gasteiger partial charge in [0.05, 0.1) is 13.0 Å². The van der Waals surface area contributed by atoms with Crippen molar-refractivity contribution in [2.75, 3.05) is 18.6 Å². The number of carbonyl (C=O) groups excluding carboxylic acids is 3. The number of nitrogens with one attached hydrogen (secondary N) is 2. The van der Waals surface area contributed by atoms with Gasteiger partial charge in [-0.15, -0.1) is 0 Å². The highest BCUT2D eigenvalue weighted by molar-refractivity contribution is 6.30. The van der Waals surface area contributed by atoms with Crippen LogP contribution >= 0.6 is 11.6 Å². The number of anilines is 1. The molecular formula is C19H18ClN3O4. The zero-order chi connectivity index (χ0) is 19.4. The zero-order valence-electron chi connectivity index (χ0n) is 14.6. The van der Waals surface area contributed by atoms with E-state index in [1.165, 1.54) is 4.90 Å². The standard InChI is InChI=1S/C19H18ClN3O4/c1-27-16-4-2-3-15(10-16)23-11-13(9-17(23)24)19(26)22-21-18(25)12-5-7-14(20)8-6-12/h2-8,10,13H,9,11H2,1H3,(H,21,25)(H,22,26)/t13-/m1/s1. The Balaban J connectivity index is 1.58. The van der Waals surface area contributed by atoms with Crippen LogP contribution in [0.2, 0.25) is 5.02 Å². The summed E-state index contributed by atoms with van der Waals surface area (Å²) in [7, 11) is 1.55. The fourth-order valence-electron chi connectivity index (χ4n) is 2.80. The van der Waals surface area contributed by atoms with Gasteiger partial charge in [0.25, 0.3) is 5.91 Å². The van der Waals surface area contributed by atoms with Crippen LogP contribution in [0.4, 0.5) is 5.69 Å². The Labute approximate surface area is 161 Å². The van der Waals surface area contributed by atoms with Crippen LogP contribution < -0.4 is 20.5 Å². The molecule has 1 fully saturated rings. The third-order valence-electron chi connectivity index (χ3n) is 4.27. The third kappa shape index (κ3) is 4.38. The van der Waals surface area contributed by atoms with Crippen LogP contribution in [0.1, 0.15) is 16.8 Å². The molecule has 3 amide bonds. The number of hydrogen-bond acceptors (Lipinski definition) is 4. The number of ether oxygens (including phenoxy) is 1. The van der Waals surface area contributed by atoms with E-state index in [1.807, 2.05) is 0 Å². The number of benzene rings is 2. The molecule has 0 radical (unpaired) electrons. The summed E-state index contributed by atoms with van der Waals surface area (Å²) in [6, 6.07) is 13.3. The molecule has 1 aliphatic rings. The van der Waals surface area contributed by atoms with Gasteiger partial charge in [0.2, 0.25) is 11.8 Å². The van der Waals surface area contributed by atoms with Crippen LogP contribution in [0.25, 0.3) is 0 Å². The van der Waals surface area contributed by atoms with Crippen LogP contribution in [0.3, 0.4) is 0 Å². The molecule has 0 bridgehead atoms. The minimum Gasteiger partial charge on any atom is -0.497 e. The fraction of sp³-hybridized carbons (Fsp3) is 0.211. The highest BCUT2D eigenvalue weighted by Crippen LogP contribution is 2.27. The molecule has 1 aliphatic heterocycles. The summed E-state index contributed by atoms with van der Waals surface area (Å²) < 4.78 is 5.17. The highest BCUT2D eigenvalue weighted by Gasteiger charge is 2.35. The van der Waals surface area contributed by atoms with Gasteiger partial charge in [-0.25, -0.2) is 0 Å². The normalized spacial score (nSPS) is 16.1. The summed E-state index contributed by atoms with van der Waals surface area (Å²) in [5, 5.41) is 0.512. The molecule has 2 aromatic rings. The van der Waals surface area contributed by atoms with Crippen LogP contribution in [-0.4, -0.2) is 31.4 Å². The molecule has 2 N–H and O–H groups in total. The summed E-state index contributed by atoms with van der Waals surface area (Å²) in [6.07, 6.45) is 0.0693. The van der Waals surface area contributed by atoms with E-state index in [9.17, 15) is 14.4 Å². The second-order valence-electron chi connectivity index (χ2n) is 6.06. The number of rotatable bonds is 4. The molecule has 2 aromatic carbocycles. The SMILES string of the molecule is COc1cccc(N2C[C@H](C(=O)NNC(=O)c3ccc(Cl)cc3)CC2=O)c1. The van der Waals surface area contributed by atoms with E-state index < -0.39 is 17.7 Å². The van der Waals surface area contributed by atoms with E-state index in [0.29, 0.717) is 22.0 Å². The first kappa shape index (κ1) is 18.7. The highest BCUT2D eigenvalue weighted by atomic mass is 35.5. The number of methoxy groups -OCH3 is 1. The van der Waals surface area contributed by atoms with Gasteiger partial charge in [-0.3, -0.25) is 25.2 Å². The zero-order valence-corrected chi connectivity index (χ0v) is 15.3. The van der Waals surface area contributed by atoms with Gasteiger partial charge in [-0.05, 0) is 36.4 Å². The monoisotopic (exact) mass is 387 g/mol. The molecular weight excluding hydrogens is 370 g/mol. The van der Waals surface area contributed by atoms with Crippen molar-refractivity contribution >= 4 is 35.0 Å². The van der Waals surface area contributed by atoms with Crippen molar-refractivity contribution in [3.63, 3.8) is 0 Å². The topological polar surface area (TPSA) is 87.7 Å². The van der Waals surface area contributed by atoms with Crippen LogP contribution in [0, 0.1) is 5.92 Å². The second kappa shape index (κ2) is 8.09. The van der Waals surface area contributed by atoms with Crippen molar-refractivity contribution in [3.8, 4) is 5.75 Å². The first-order valence-corrected chi connectivity index (χ1v) is 8.66. The van der Waals surface area contributed by atoms with Gasteiger partial charge >= 0.3 is 0 Å². The van der Waals surface area contributed by atoms with E-state index in [2.05, 4.69) is 10.9 Å². The van der Waals surface area contributed by atoms with Crippen LogP contribution in [-0.2, 0) is 9.59 Å². The Morgan fingerprint density at radius 1 is 1.15 bits per heavy atom. The molecule has 0 saturated carbocycles. The summed E-state index contributed by atoms with van der Waals surface area (Å²) in [6.45, 7) is 0.231. The summed E-state index contributed by atoms with van der Waals surface area (Å²) in [5.74, 6) is -0.977. The quantitative estimate of drug-likeness (QED) is 0.787. The van der Waals surface area contributed by atoms with E-state index >= 15 is 0 Å². The Morgan fingerprint density at radius 2 is 1.89 bits per heavy atom. The summed E-state index contributed by atoms with van der Waals surface area (Å²) in [5.41, 5.74) is 5.76. The first-order valence-electron chi connectivity index (χ1n) is 8.28. The second-order valence-corrected chi connectivity index (χ2v) is 6.49. The minimum absolute atomic E-state index is 0.0693. The Kier molecular flexibility index (Phi) is 5.61. The molecule has 1 saturated heterocycles. The lowest BCUT2D eigenvalue weighted by atomic mass is 10.1. The van der Waals surface area contributed by atoms with Crippen molar-refractivity contribution < 1.29 is 19.1 Å². The number of halogens is 1.